The first-order valence-corrected chi connectivity index (χ1v) is 8.53. The van der Waals surface area contributed by atoms with E-state index in [1.807, 2.05) is 47.6 Å². The van der Waals surface area contributed by atoms with Gasteiger partial charge in [0.2, 0.25) is 0 Å². The lowest BCUT2D eigenvalue weighted by molar-refractivity contribution is 0.143. The Balaban J connectivity index is 1.34. The second-order valence-electron chi connectivity index (χ2n) is 6.30. The molecule has 0 saturated carbocycles. The van der Waals surface area contributed by atoms with Crippen LogP contribution < -0.4 is 5.32 Å². The van der Waals surface area contributed by atoms with Crippen molar-refractivity contribution in [3.05, 3.63) is 60.6 Å². The number of aromatic nitrogens is 2. The van der Waals surface area contributed by atoms with Gasteiger partial charge in [0.15, 0.2) is 0 Å². The number of carbonyl (C=O) groups excluding carboxylic acids is 1. The van der Waals surface area contributed by atoms with Gasteiger partial charge in [-0.05, 0) is 29.8 Å². The first kappa shape index (κ1) is 15.7. The molecule has 2 amide bonds. The van der Waals surface area contributed by atoms with Crippen LogP contribution in [-0.4, -0.2) is 52.0 Å². The van der Waals surface area contributed by atoms with Crippen molar-refractivity contribution in [1.82, 2.24) is 19.8 Å². The number of hydrogen-bond acceptors (Lipinski definition) is 3. The Kier molecular flexibility index (Phi) is 4.35. The minimum Gasteiger partial charge on any atom is -0.361 e. The fourth-order valence-electron chi connectivity index (χ4n) is 3.25. The maximum atomic E-state index is 12.6. The van der Waals surface area contributed by atoms with Crippen LogP contribution in [0, 0.1) is 0 Å². The molecule has 6 heteroatoms. The molecule has 6 nitrogen and oxygen atoms in total. The molecule has 128 valence electrons. The first-order chi connectivity index (χ1) is 12.3. The minimum atomic E-state index is -0.0327. The Hall–Kier alpha value is -2.86. The second kappa shape index (κ2) is 6.94. The van der Waals surface area contributed by atoms with Gasteiger partial charge >= 0.3 is 6.03 Å². The molecule has 0 bridgehead atoms. The predicted molar refractivity (Wildman–Crippen MR) is 98.4 cm³/mol. The SMILES string of the molecule is O=C(Nc1cccc2[nH]ccc12)N1CCN(Cc2cccnc2)CC1. The number of nitrogens with one attached hydrogen (secondary N) is 2. The zero-order valence-corrected chi connectivity index (χ0v) is 14.0. The fraction of sp³-hybridized carbons (Fsp3) is 0.263. The lowest BCUT2D eigenvalue weighted by Gasteiger charge is -2.34. The van der Waals surface area contributed by atoms with Crippen LogP contribution in [0.3, 0.4) is 0 Å². The summed E-state index contributed by atoms with van der Waals surface area (Å²) in [5, 5.41) is 4.08. The van der Waals surface area contributed by atoms with Crippen molar-refractivity contribution in [3.63, 3.8) is 0 Å². The van der Waals surface area contributed by atoms with Crippen molar-refractivity contribution in [3.8, 4) is 0 Å². The van der Waals surface area contributed by atoms with Gasteiger partial charge in [0.1, 0.15) is 0 Å². The van der Waals surface area contributed by atoms with Gasteiger partial charge in [-0.25, -0.2) is 4.79 Å². The molecule has 1 aliphatic rings. The molecule has 4 rings (SSSR count). The van der Waals surface area contributed by atoms with E-state index in [2.05, 4.69) is 26.3 Å². The zero-order valence-electron chi connectivity index (χ0n) is 14.0. The van der Waals surface area contributed by atoms with Crippen LogP contribution in [0.5, 0.6) is 0 Å². The van der Waals surface area contributed by atoms with E-state index in [0.29, 0.717) is 0 Å². The molecule has 1 fully saturated rings. The number of nitrogens with zero attached hydrogens (tertiary/aromatic N) is 3. The Morgan fingerprint density at radius 2 is 2.00 bits per heavy atom. The van der Waals surface area contributed by atoms with E-state index in [1.165, 1.54) is 5.56 Å². The van der Waals surface area contributed by atoms with Crippen LogP contribution in [0.1, 0.15) is 5.56 Å². The predicted octanol–water partition coefficient (Wildman–Crippen LogP) is 2.91. The minimum absolute atomic E-state index is 0.0327. The van der Waals surface area contributed by atoms with Gasteiger partial charge < -0.3 is 15.2 Å². The molecule has 2 N–H and O–H groups in total. The lowest BCUT2D eigenvalue weighted by atomic mass is 10.2. The second-order valence-corrected chi connectivity index (χ2v) is 6.30. The number of rotatable bonds is 3. The summed E-state index contributed by atoms with van der Waals surface area (Å²) in [5.41, 5.74) is 3.08. The van der Waals surface area contributed by atoms with Gasteiger partial charge in [-0.3, -0.25) is 9.88 Å². The summed E-state index contributed by atoms with van der Waals surface area (Å²) in [5.74, 6) is 0. The smallest absolute Gasteiger partial charge is 0.321 e. The number of urea groups is 1. The Bertz CT molecular complexity index is 852. The number of anilines is 1. The average Bonchev–Trinajstić information content (AvgIpc) is 3.13. The summed E-state index contributed by atoms with van der Waals surface area (Å²) in [4.78, 5) is 24.1. The fourth-order valence-corrected chi connectivity index (χ4v) is 3.25. The molecule has 0 spiro atoms. The van der Waals surface area contributed by atoms with Crippen molar-refractivity contribution < 1.29 is 4.79 Å². The highest BCUT2D eigenvalue weighted by molar-refractivity contribution is 6.00. The molecule has 0 unspecified atom stereocenters. The summed E-state index contributed by atoms with van der Waals surface area (Å²) >= 11 is 0. The van der Waals surface area contributed by atoms with Gasteiger partial charge in [0.05, 0.1) is 5.69 Å². The molecular formula is C19H21N5O. The van der Waals surface area contributed by atoms with E-state index in [-0.39, 0.29) is 6.03 Å². The molecule has 1 aromatic carbocycles. The third kappa shape index (κ3) is 3.49. The summed E-state index contributed by atoms with van der Waals surface area (Å²) < 4.78 is 0. The van der Waals surface area contributed by atoms with Crippen molar-refractivity contribution in [2.75, 3.05) is 31.5 Å². The maximum Gasteiger partial charge on any atom is 0.321 e. The topological polar surface area (TPSA) is 64.3 Å². The largest absolute Gasteiger partial charge is 0.361 e. The molecule has 3 heterocycles. The molecule has 0 radical (unpaired) electrons. The van der Waals surface area contributed by atoms with Crippen LogP contribution in [0.15, 0.2) is 55.0 Å². The molecule has 0 aliphatic carbocycles. The molecular weight excluding hydrogens is 314 g/mol. The molecule has 1 aliphatic heterocycles. The van der Waals surface area contributed by atoms with Crippen molar-refractivity contribution >= 4 is 22.6 Å². The van der Waals surface area contributed by atoms with Crippen LogP contribution in [0.25, 0.3) is 10.9 Å². The van der Waals surface area contributed by atoms with Gasteiger partial charge in [-0.2, -0.15) is 0 Å². The number of H-pyrrole nitrogens is 1. The standard InChI is InChI=1S/C19H21N5O/c25-19(22-18-5-1-4-17-16(18)6-8-21-17)24-11-9-23(10-12-24)14-15-3-2-7-20-13-15/h1-8,13,21H,9-12,14H2,(H,22,25). The van der Waals surface area contributed by atoms with E-state index < -0.39 is 0 Å². The number of benzene rings is 1. The summed E-state index contributed by atoms with van der Waals surface area (Å²) in [6.45, 7) is 4.09. The van der Waals surface area contributed by atoms with Crippen LogP contribution >= 0.6 is 0 Å². The number of piperazine rings is 1. The Labute approximate surface area is 146 Å². The van der Waals surface area contributed by atoms with Gasteiger partial charge in [-0.15, -0.1) is 0 Å². The lowest BCUT2D eigenvalue weighted by Crippen LogP contribution is -2.49. The van der Waals surface area contributed by atoms with Crippen molar-refractivity contribution in [1.29, 1.82) is 0 Å². The number of fused-ring (bicyclic) bond motifs is 1. The van der Waals surface area contributed by atoms with E-state index >= 15 is 0 Å². The molecule has 1 saturated heterocycles. The van der Waals surface area contributed by atoms with E-state index in [9.17, 15) is 4.79 Å². The monoisotopic (exact) mass is 335 g/mol. The van der Waals surface area contributed by atoms with Crippen LogP contribution in [0.2, 0.25) is 0 Å². The van der Waals surface area contributed by atoms with Gasteiger partial charge in [0.25, 0.3) is 0 Å². The number of pyridine rings is 1. The third-order valence-corrected chi connectivity index (χ3v) is 4.63. The van der Waals surface area contributed by atoms with Crippen molar-refractivity contribution in [2.24, 2.45) is 0 Å². The normalized spacial score (nSPS) is 15.4. The number of hydrogen-bond donors (Lipinski definition) is 2. The van der Waals surface area contributed by atoms with Crippen LogP contribution in [0.4, 0.5) is 10.5 Å². The average molecular weight is 335 g/mol. The Morgan fingerprint density at radius 1 is 1.12 bits per heavy atom. The number of aromatic amines is 1. The molecule has 3 aromatic rings. The number of carbonyl (C=O) groups is 1. The molecule has 2 aromatic heterocycles. The van der Waals surface area contributed by atoms with Crippen LogP contribution in [-0.2, 0) is 6.54 Å². The summed E-state index contributed by atoms with van der Waals surface area (Å²) in [7, 11) is 0. The Morgan fingerprint density at radius 3 is 2.80 bits per heavy atom. The first-order valence-electron chi connectivity index (χ1n) is 8.53. The van der Waals surface area contributed by atoms with E-state index in [0.717, 1.165) is 49.3 Å². The zero-order chi connectivity index (χ0) is 17.1. The quantitative estimate of drug-likeness (QED) is 0.773. The van der Waals surface area contributed by atoms with E-state index in [4.69, 9.17) is 0 Å². The van der Waals surface area contributed by atoms with Gasteiger partial charge in [0, 0.05) is 62.2 Å². The summed E-state index contributed by atoms with van der Waals surface area (Å²) in [6.07, 6.45) is 5.57. The van der Waals surface area contributed by atoms with Crippen molar-refractivity contribution in [2.45, 2.75) is 6.54 Å². The highest BCUT2D eigenvalue weighted by Gasteiger charge is 2.21. The maximum absolute atomic E-state index is 12.6. The number of amides is 2. The molecule has 0 atom stereocenters. The molecule has 25 heavy (non-hydrogen) atoms. The van der Waals surface area contributed by atoms with Gasteiger partial charge in [-0.1, -0.05) is 12.1 Å². The summed E-state index contributed by atoms with van der Waals surface area (Å²) in [6, 6.07) is 11.9. The third-order valence-electron chi connectivity index (χ3n) is 4.63. The highest BCUT2D eigenvalue weighted by atomic mass is 16.2. The highest BCUT2D eigenvalue weighted by Crippen LogP contribution is 2.22. The van der Waals surface area contributed by atoms with E-state index in [1.54, 1.807) is 6.20 Å².